The molecule has 0 spiro atoms. The summed E-state index contributed by atoms with van der Waals surface area (Å²) in [6.07, 6.45) is 3.07. The average molecular weight is 406 g/mol. The van der Waals surface area contributed by atoms with E-state index in [9.17, 15) is 9.59 Å². The van der Waals surface area contributed by atoms with Crippen LogP contribution < -0.4 is 10.9 Å². The monoisotopic (exact) mass is 406 g/mol. The summed E-state index contributed by atoms with van der Waals surface area (Å²) in [6.45, 7) is 7.02. The average Bonchev–Trinajstić information content (AvgIpc) is 3.22. The molecule has 2 N–H and O–H groups in total. The summed E-state index contributed by atoms with van der Waals surface area (Å²) in [5.74, 6) is 1.78. The van der Waals surface area contributed by atoms with Gasteiger partial charge in [-0.25, -0.2) is 10.9 Å². The van der Waals surface area contributed by atoms with Crippen molar-refractivity contribution in [3.05, 3.63) is 81.7 Å². The Bertz CT molecular complexity index is 1030. The van der Waals surface area contributed by atoms with Crippen LogP contribution >= 0.6 is 0 Å². The second kappa shape index (κ2) is 9.04. The SMILES string of the molecule is Cc1cc(C(=O)N/N=C\c2ccc(/C=N\NC(=O)c3cc(C)oc3C)cc2)c(C)o1. The summed E-state index contributed by atoms with van der Waals surface area (Å²) >= 11 is 0. The van der Waals surface area contributed by atoms with Crippen LogP contribution in [0.2, 0.25) is 0 Å². The van der Waals surface area contributed by atoms with Gasteiger partial charge in [0.05, 0.1) is 23.6 Å². The zero-order chi connectivity index (χ0) is 21.7. The third-order valence-electron chi connectivity index (χ3n) is 4.27. The van der Waals surface area contributed by atoms with Crippen molar-refractivity contribution in [3.63, 3.8) is 0 Å². The van der Waals surface area contributed by atoms with Gasteiger partial charge in [0.2, 0.25) is 0 Å². The zero-order valence-electron chi connectivity index (χ0n) is 17.1. The van der Waals surface area contributed by atoms with Crippen LogP contribution in [0.5, 0.6) is 0 Å². The van der Waals surface area contributed by atoms with E-state index < -0.39 is 0 Å². The van der Waals surface area contributed by atoms with Crippen molar-refractivity contribution in [3.8, 4) is 0 Å². The predicted molar refractivity (Wildman–Crippen MR) is 113 cm³/mol. The van der Waals surface area contributed by atoms with E-state index in [0.29, 0.717) is 34.2 Å². The first-order chi connectivity index (χ1) is 14.3. The maximum atomic E-state index is 12.1. The quantitative estimate of drug-likeness (QED) is 0.481. The molecule has 1 aromatic carbocycles. The summed E-state index contributed by atoms with van der Waals surface area (Å²) in [5.41, 5.74) is 7.45. The molecule has 0 radical (unpaired) electrons. The maximum absolute atomic E-state index is 12.1. The predicted octanol–water partition coefficient (Wildman–Crippen LogP) is 3.63. The number of carbonyl (C=O) groups excluding carboxylic acids is 2. The van der Waals surface area contributed by atoms with Crippen molar-refractivity contribution in [2.24, 2.45) is 10.2 Å². The van der Waals surface area contributed by atoms with Gasteiger partial charge < -0.3 is 8.83 Å². The summed E-state index contributed by atoms with van der Waals surface area (Å²) in [5, 5.41) is 7.92. The number of furan rings is 2. The Kier molecular flexibility index (Phi) is 6.26. The van der Waals surface area contributed by atoms with Crippen LogP contribution in [-0.4, -0.2) is 24.2 Å². The number of amides is 2. The van der Waals surface area contributed by atoms with Gasteiger partial charge in [0, 0.05) is 0 Å². The molecule has 0 saturated heterocycles. The third-order valence-corrected chi connectivity index (χ3v) is 4.27. The molecule has 8 nitrogen and oxygen atoms in total. The molecule has 2 aromatic heterocycles. The molecule has 30 heavy (non-hydrogen) atoms. The Balaban J connectivity index is 1.53. The van der Waals surface area contributed by atoms with Crippen LogP contribution in [0, 0.1) is 27.7 Å². The number of benzene rings is 1. The number of hydrazone groups is 2. The Morgan fingerprint density at radius 2 is 1.10 bits per heavy atom. The molecule has 0 aliphatic rings. The molecule has 0 unspecified atom stereocenters. The number of hydrogen-bond acceptors (Lipinski definition) is 6. The van der Waals surface area contributed by atoms with E-state index in [-0.39, 0.29) is 11.8 Å². The fourth-order valence-electron chi connectivity index (χ4n) is 2.83. The minimum absolute atomic E-state index is 0.330. The van der Waals surface area contributed by atoms with Crippen LogP contribution in [0.4, 0.5) is 0 Å². The number of rotatable bonds is 6. The number of aryl methyl sites for hydroxylation is 4. The minimum Gasteiger partial charge on any atom is -0.466 e. The van der Waals surface area contributed by atoms with Gasteiger partial charge in [0.25, 0.3) is 11.8 Å². The number of hydrogen-bond donors (Lipinski definition) is 2. The first kappa shape index (κ1) is 20.8. The largest absolute Gasteiger partial charge is 0.466 e. The Morgan fingerprint density at radius 3 is 1.40 bits per heavy atom. The van der Waals surface area contributed by atoms with E-state index in [1.807, 2.05) is 24.3 Å². The summed E-state index contributed by atoms with van der Waals surface area (Å²) in [6, 6.07) is 10.6. The van der Waals surface area contributed by atoms with Gasteiger partial charge in [-0.3, -0.25) is 9.59 Å². The Labute approximate surface area is 173 Å². The van der Waals surface area contributed by atoms with E-state index in [1.165, 1.54) is 12.4 Å². The molecule has 154 valence electrons. The van der Waals surface area contributed by atoms with Gasteiger partial charge in [0.15, 0.2) is 0 Å². The van der Waals surface area contributed by atoms with Crippen LogP contribution in [0.1, 0.15) is 54.9 Å². The third kappa shape index (κ3) is 5.11. The summed E-state index contributed by atoms with van der Waals surface area (Å²) < 4.78 is 10.7. The number of carbonyl (C=O) groups is 2. The van der Waals surface area contributed by atoms with Gasteiger partial charge in [-0.1, -0.05) is 24.3 Å². The normalized spacial score (nSPS) is 11.3. The van der Waals surface area contributed by atoms with E-state index in [4.69, 9.17) is 8.83 Å². The lowest BCUT2D eigenvalue weighted by Crippen LogP contribution is -2.18. The van der Waals surface area contributed by atoms with Gasteiger partial charge in [-0.05, 0) is 51.0 Å². The molecule has 0 atom stereocenters. The van der Waals surface area contributed by atoms with Crippen LogP contribution in [0.3, 0.4) is 0 Å². The number of nitrogens with one attached hydrogen (secondary N) is 2. The van der Waals surface area contributed by atoms with E-state index in [1.54, 1.807) is 39.8 Å². The van der Waals surface area contributed by atoms with Crippen molar-refractivity contribution >= 4 is 24.2 Å². The molecule has 3 aromatic rings. The fraction of sp³-hybridized carbons (Fsp3) is 0.182. The smallest absolute Gasteiger partial charge is 0.274 e. The van der Waals surface area contributed by atoms with E-state index in [0.717, 1.165) is 11.1 Å². The van der Waals surface area contributed by atoms with E-state index in [2.05, 4.69) is 21.1 Å². The van der Waals surface area contributed by atoms with Crippen molar-refractivity contribution in [1.29, 1.82) is 0 Å². The van der Waals surface area contributed by atoms with Crippen LogP contribution in [0.25, 0.3) is 0 Å². The highest BCUT2D eigenvalue weighted by Crippen LogP contribution is 2.14. The molecule has 3 rings (SSSR count). The molecule has 2 heterocycles. The standard InChI is InChI=1S/C22H22N4O4/c1-13-9-19(15(3)29-13)21(27)25-23-11-17-5-7-18(8-6-17)12-24-26-22(28)20-10-14(2)30-16(20)4/h5-12H,1-4H3,(H,25,27)(H,26,28)/b23-11-,24-12-. The van der Waals surface area contributed by atoms with Gasteiger partial charge >= 0.3 is 0 Å². The lowest BCUT2D eigenvalue weighted by molar-refractivity contribution is 0.0945. The summed E-state index contributed by atoms with van der Waals surface area (Å²) in [4.78, 5) is 24.2. The first-order valence-electron chi connectivity index (χ1n) is 9.24. The highest BCUT2D eigenvalue weighted by molar-refractivity contribution is 5.96. The van der Waals surface area contributed by atoms with Gasteiger partial charge in [-0.15, -0.1) is 0 Å². The Hall–Kier alpha value is -3.94. The highest BCUT2D eigenvalue weighted by Gasteiger charge is 2.13. The summed E-state index contributed by atoms with van der Waals surface area (Å²) in [7, 11) is 0. The molecular formula is C22H22N4O4. The first-order valence-corrected chi connectivity index (χ1v) is 9.24. The molecule has 0 aliphatic carbocycles. The topological polar surface area (TPSA) is 109 Å². The second-order valence-electron chi connectivity index (χ2n) is 6.72. The molecule has 0 fully saturated rings. The molecule has 2 amide bonds. The lowest BCUT2D eigenvalue weighted by atomic mass is 10.2. The van der Waals surface area contributed by atoms with E-state index >= 15 is 0 Å². The minimum atomic E-state index is -0.330. The van der Waals surface area contributed by atoms with Gasteiger partial charge in [-0.2, -0.15) is 10.2 Å². The van der Waals surface area contributed by atoms with Crippen LogP contribution in [0.15, 0.2) is 55.4 Å². The lowest BCUT2D eigenvalue weighted by Gasteiger charge is -1.99. The second-order valence-corrected chi connectivity index (χ2v) is 6.72. The van der Waals surface area contributed by atoms with Crippen molar-refractivity contribution in [1.82, 2.24) is 10.9 Å². The molecular weight excluding hydrogens is 384 g/mol. The fourth-order valence-corrected chi connectivity index (χ4v) is 2.83. The number of nitrogens with zero attached hydrogens (tertiary/aromatic N) is 2. The molecule has 0 bridgehead atoms. The zero-order valence-corrected chi connectivity index (χ0v) is 17.1. The molecule has 0 aliphatic heterocycles. The van der Waals surface area contributed by atoms with Gasteiger partial charge in [0.1, 0.15) is 23.0 Å². The highest BCUT2D eigenvalue weighted by atomic mass is 16.3. The maximum Gasteiger partial charge on any atom is 0.274 e. The van der Waals surface area contributed by atoms with Crippen LogP contribution in [-0.2, 0) is 0 Å². The van der Waals surface area contributed by atoms with Crippen molar-refractivity contribution in [2.75, 3.05) is 0 Å². The van der Waals surface area contributed by atoms with Crippen molar-refractivity contribution in [2.45, 2.75) is 27.7 Å². The molecule has 0 saturated carbocycles. The Morgan fingerprint density at radius 1 is 0.733 bits per heavy atom. The van der Waals surface area contributed by atoms with Crippen molar-refractivity contribution < 1.29 is 18.4 Å². The molecule has 8 heteroatoms.